The first kappa shape index (κ1) is 14.8. The van der Waals surface area contributed by atoms with Crippen LogP contribution in [0.4, 0.5) is 5.69 Å². The molecule has 2 aromatic rings. The molecule has 122 valence electrons. The largest absolute Gasteiger partial charge is 0.482 e. The van der Waals surface area contributed by atoms with Crippen molar-refractivity contribution in [2.75, 3.05) is 19.0 Å². The number of benzene rings is 2. The molecule has 2 aromatic carbocycles. The predicted octanol–water partition coefficient (Wildman–Crippen LogP) is 2.78. The fraction of sp³-hybridized carbons (Fsp3) is 0.263. The van der Waals surface area contributed by atoms with E-state index in [0.717, 1.165) is 12.8 Å². The monoisotopic (exact) mass is 322 g/mol. The second-order valence-electron chi connectivity index (χ2n) is 6.22. The molecular formula is C19H18N2O3. The zero-order chi connectivity index (χ0) is 16.7. The highest BCUT2D eigenvalue weighted by molar-refractivity contribution is 5.99. The quantitative estimate of drug-likeness (QED) is 0.925. The van der Waals surface area contributed by atoms with E-state index >= 15 is 0 Å². The van der Waals surface area contributed by atoms with Gasteiger partial charge in [-0.2, -0.15) is 0 Å². The van der Waals surface area contributed by atoms with Gasteiger partial charge in [0.15, 0.2) is 6.61 Å². The zero-order valence-electron chi connectivity index (χ0n) is 13.4. The van der Waals surface area contributed by atoms with Crippen LogP contribution in [0.15, 0.2) is 42.5 Å². The van der Waals surface area contributed by atoms with Crippen LogP contribution < -0.4 is 10.1 Å². The van der Waals surface area contributed by atoms with Crippen molar-refractivity contribution in [1.29, 1.82) is 0 Å². The van der Waals surface area contributed by atoms with Crippen LogP contribution in [0, 0.1) is 0 Å². The first-order valence-corrected chi connectivity index (χ1v) is 8.05. The molecule has 0 saturated heterocycles. The van der Waals surface area contributed by atoms with Crippen molar-refractivity contribution in [2.45, 2.75) is 18.9 Å². The Balaban J connectivity index is 1.59. The molecule has 1 N–H and O–H groups in total. The first-order valence-electron chi connectivity index (χ1n) is 8.05. The van der Waals surface area contributed by atoms with Gasteiger partial charge in [-0.1, -0.05) is 24.3 Å². The smallest absolute Gasteiger partial charge is 0.262 e. The molecule has 0 bridgehead atoms. The summed E-state index contributed by atoms with van der Waals surface area (Å²) in [6, 6.07) is 13.5. The highest BCUT2D eigenvalue weighted by atomic mass is 16.5. The van der Waals surface area contributed by atoms with E-state index in [2.05, 4.69) is 17.4 Å². The van der Waals surface area contributed by atoms with Crippen LogP contribution in [0.5, 0.6) is 5.75 Å². The van der Waals surface area contributed by atoms with Gasteiger partial charge < -0.3 is 15.0 Å². The van der Waals surface area contributed by atoms with Crippen LogP contribution in [0.1, 0.15) is 33.9 Å². The molecular weight excluding hydrogens is 304 g/mol. The van der Waals surface area contributed by atoms with E-state index < -0.39 is 0 Å². The average molecular weight is 322 g/mol. The number of rotatable bonds is 2. The van der Waals surface area contributed by atoms with Crippen molar-refractivity contribution in [3.63, 3.8) is 0 Å². The zero-order valence-corrected chi connectivity index (χ0v) is 13.4. The molecule has 1 unspecified atom stereocenters. The Kier molecular flexibility index (Phi) is 3.49. The van der Waals surface area contributed by atoms with E-state index in [9.17, 15) is 9.59 Å². The summed E-state index contributed by atoms with van der Waals surface area (Å²) in [7, 11) is 1.84. The Morgan fingerprint density at radius 1 is 1.25 bits per heavy atom. The second-order valence-corrected chi connectivity index (χ2v) is 6.22. The van der Waals surface area contributed by atoms with Crippen molar-refractivity contribution in [3.05, 3.63) is 59.2 Å². The molecule has 24 heavy (non-hydrogen) atoms. The first-order chi connectivity index (χ1) is 11.6. The molecule has 2 amide bonds. The number of aryl methyl sites for hydroxylation is 1. The fourth-order valence-electron chi connectivity index (χ4n) is 3.49. The van der Waals surface area contributed by atoms with Gasteiger partial charge in [0, 0.05) is 12.6 Å². The summed E-state index contributed by atoms with van der Waals surface area (Å²) in [4.78, 5) is 26.0. The van der Waals surface area contributed by atoms with E-state index in [0.29, 0.717) is 17.0 Å². The minimum Gasteiger partial charge on any atom is -0.482 e. The number of hydrogen-bond acceptors (Lipinski definition) is 3. The lowest BCUT2D eigenvalue weighted by atomic mass is 10.1. The molecule has 1 atom stereocenters. The lowest BCUT2D eigenvalue weighted by Crippen LogP contribution is -2.30. The van der Waals surface area contributed by atoms with Crippen molar-refractivity contribution in [2.24, 2.45) is 0 Å². The number of amides is 2. The summed E-state index contributed by atoms with van der Waals surface area (Å²) in [6.45, 7) is -0.0174. The van der Waals surface area contributed by atoms with Crippen LogP contribution in [0.3, 0.4) is 0 Å². The van der Waals surface area contributed by atoms with Gasteiger partial charge in [-0.25, -0.2) is 0 Å². The highest BCUT2D eigenvalue weighted by Gasteiger charge is 2.29. The standard InChI is InChI=1S/C19H18N2O3/c1-21(16-9-7-12-4-2-3-5-14(12)16)19(23)13-6-8-15-17(10-13)24-11-18(22)20-15/h2-6,8,10,16H,7,9,11H2,1H3,(H,20,22). The number of hydrogen-bond donors (Lipinski definition) is 1. The molecule has 0 fully saturated rings. The Morgan fingerprint density at radius 2 is 2.08 bits per heavy atom. The van der Waals surface area contributed by atoms with Gasteiger partial charge in [-0.3, -0.25) is 9.59 Å². The maximum absolute atomic E-state index is 12.9. The van der Waals surface area contributed by atoms with Gasteiger partial charge in [-0.15, -0.1) is 0 Å². The Hall–Kier alpha value is -2.82. The molecule has 5 heteroatoms. The minimum atomic E-state index is -0.179. The summed E-state index contributed by atoms with van der Waals surface area (Å²) in [5.74, 6) is 0.321. The average Bonchev–Trinajstić information content (AvgIpc) is 3.04. The number of carbonyl (C=O) groups is 2. The third-order valence-electron chi connectivity index (χ3n) is 4.75. The van der Waals surface area contributed by atoms with Crippen LogP contribution in [-0.4, -0.2) is 30.4 Å². The third kappa shape index (κ3) is 2.42. The summed E-state index contributed by atoms with van der Waals surface area (Å²) in [5.41, 5.74) is 3.72. The number of nitrogens with one attached hydrogen (secondary N) is 1. The molecule has 1 heterocycles. The topological polar surface area (TPSA) is 58.6 Å². The maximum atomic E-state index is 12.9. The van der Waals surface area contributed by atoms with Crippen LogP contribution >= 0.6 is 0 Å². The number of carbonyl (C=O) groups excluding carboxylic acids is 2. The molecule has 0 saturated carbocycles. The van der Waals surface area contributed by atoms with Gasteiger partial charge in [0.25, 0.3) is 11.8 Å². The minimum absolute atomic E-state index is 0.0174. The van der Waals surface area contributed by atoms with E-state index in [1.807, 2.05) is 19.2 Å². The summed E-state index contributed by atoms with van der Waals surface area (Å²) in [5, 5.41) is 2.73. The van der Waals surface area contributed by atoms with Gasteiger partial charge in [0.1, 0.15) is 5.75 Å². The molecule has 0 aromatic heterocycles. The van der Waals surface area contributed by atoms with E-state index in [1.165, 1.54) is 11.1 Å². The number of fused-ring (bicyclic) bond motifs is 2. The van der Waals surface area contributed by atoms with Crippen molar-refractivity contribution in [3.8, 4) is 5.75 Å². The van der Waals surface area contributed by atoms with Crippen molar-refractivity contribution >= 4 is 17.5 Å². The van der Waals surface area contributed by atoms with Gasteiger partial charge >= 0.3 is 0 Å². The molecule has 1 aliphatic heterocycles. The fourth-order valence-corrected chi connectivity index (χ4v) is 3.49. The second kappa shape index (κ2) is 5.67. The molecule has 4 rings (SSSR count). The SMILES string of the molecule is CN(C(=O)c1ccc2c(c1)OCC(=O)N2)C1CCc2ccccc21. The van der Waals surface area contributed by atoms with E-state index in [4.69, 9.17) is 4.74 Å². The lowest BCUT2D eigenvalue weighted by molar-refractivity contribution is -0.118. The van der Waals surface area contributed by atoms with Crippen LogP contribution in [-0.2, 0) is 11.2 Å². The van der Waals surface area contributed by atoms with Crippen LogP contribution in [0.25, 0.3) is 0 Å². The van der Waals surface area contributed by atoms with Crippen LogP contribution in [0.2, 0.25) is 0 Å². The Labute approximate surface area is 140 Å². The van der Waals surface area contributed by atoms with E-state index in [1.54, 1.807) is 23.1 Å². The van der Waals surface area contributed by atoms with E-state index in [-0.39, 0.29) is 24.5 Å². The third-order valence-corrected chi connectivity index (χ3v) is 4.75. The summed E-state index contributed by atoms with van der Waals surface area (Å²) < 4.78 is 5.41. The lowest BCUT2D eigenvalue weighted by Gasteiger charge is -2.26. The maximum Gasteiger partial charge on any atom is 0.262 e. The molecule has 1 aliphatic carbocycles. The van der Waals surface area contributed by atoms with Crippen molar-refractivity contribution < 1.29 is 14.3 Å². The Morgan fingerprint density at radius 3 is 2.96 bits per heavy atom. The summed E-state index contributed by atoms with van der Waals surface area (Å²) in [6.07, 6.45) is 1.94. The Bertz CT molecular complexity index is 831. The van der Waals surface area contributed by atoms with Gasteiger partial charge in [-0.05, 0) is 42.2 Å². The molecule has 0 radical (unpaired) electrons. The number of anilines is 1. The van der Waals surface area contributed by atoms with Gasteiger partial charge in [0.05, 0.1) is 11.7 Å². The normalized spacial score (nSPS) is 18.2. The number of nitrogens with zero attached hydrogens (tertiary/aromatic N) is 1. The predicted molar refractivity (Wildman–Crippen MR) is 90.2 cm³/mol. The molecule has 5 nitrogen and oxygen atoms in total. The molecule has 2 aliphatic rings. The van der Waals surface area contributed by atoms with Crippen molar-refractivity contribution in [1.82, 2.24) is 4.90 Å². The summed E-state index contributed by atoms with van der Waals surface area (Å²) >= 11 is 0. The number of ether oxygens (including phenoxy) is 1. The van der Waals surface area contributed by atoms with Gasteiger partial charge in [0.2, 0.25) is 0 Å². The highest BCUT2D eigenvalue weighted by Crippen LogP contribution is 2.36. The molecule has 0 spiro atoms.